The van der Waals surface area contributed by atoms with E-state index in [1.807, 2.05) is 39.0 Å². The Labute approximate surface area is 198 Å². The molecule has 0 aromatic heterocycles. The summed E-state index contributed by atoms with van der Waals surface area (Å²) in [5, 5.41) is 8.97. The number of rotatable bonds is 11. The average Bonchev–Trinajstić information content (AvgIpc) is 2.81. The molecule has 2 aromatic carbocycles. The quantitative estimate of drug-likeness (QED) is 0.199. The summed E-state index contributed by atoms with van der Waals surface area (Å²) in [7, 11) is 1.49. The van der Waals surface area contributed by atoms with Crippen LogP contribution in [-0.4, -0.2) is 57.4 Å². The molecule has 0 aliphatic heterocycles. The number of ether oxygens (including phenoxy) is 3. The Morgan fingerprint density at radius 1 is 0.971 bits per heavy atom. The zero-order chi connectivity index (χ0) is 24.9. The van der Waals surface area contributed by atoms with Gasteiger partial charge in [-0.25, -0.2) is 5.43 Å². The molecule has 0 spiro atoms. The molecule has 2 rings (SSSR count). The van der Waals surface area contributed by atoms with Gasteiger partial charge in [0.1, 0.15) is 0 Å². The van der Waals surface area contributed by atoms with Gasteiger partial charge in [0.15, 0.2) is 18.1 Å². The molecule has 3 N–H and O–H groups in total. The first-order valence-electron chi connectivity index (χ1n) is 10.7. The molecule has 10 heteroatoms. The molecular formula is C24H30N4O6. The molecule has 0 heterocycles. The van der Waals surface area contributed by atoms with Crippen LogP contribution >= 0.6 is 0 Å². The second kappa shape index (κ2) is 13.6. The minimum absolute atomic E-state index is 0.200. The van der Waals surface area contributed by atoms with Gasteiger partial charge in [0, 0.05) is 19.3 Å². The first-order chi connectivity index (χ1) is 16.3. The van der Waals surface area contributed by atoms with Crippen LogP contribution in [-0.2, 0) is 19.1 Å². The summed E-state index contributed by atoms with van der Waals surface area (Å²) < 4.78 is 16.0. The first-order valence-corrected chi connectivity index (χ1v) is 10.7. The van der Waals surface area contributed by atoms with E-state index in [1.165, 1.54) is 13.3 Å². The SMILES string of the molecule is CCOc1cc(/C=N\NC(=O)C(=O)NCCOC)ccc1OCC(=O)Nc1ccc(C)c(C)c1. The van der Waals surface area contributed by atoms with Gasteiger partial charge < -0.3 is 24.8 Å². The Balaban J connectivity index is 1.94. The number of anilines is 1. The van der Waals surface area contributed by atoms with Gasteiger partial charge in [0.05, 0.1) is 19.4 Å². The van der Waals surface area contributed by atoms with Crippen molar-refractivity contribution >= 4 is 29.6 Å². The van der Waals surface area contributed by atoms with E-state index in [0.29, 0.717) is 36.0 Å². The van der Waals surface area contributed by atoms with Crippen LogP contribution < -0.4 is 25.5 Å². The number of aryl methyl sites for hydroxylation is 2. The standard InChI is InChI=1S/C24H30N4O6/c1-5-33-21-13-18(14-26-28-24(31)23(30)25-10-11-32-4)7-9-20(21)34-15-22(29)27-19-8-6-16(2)17(3)12-19/h6-9,12-14H,5,10-11,15H2,1-4H3,(H,25,30)(H,27,29)(H,28,31)/b26-14-. The summed E-state index contributed by atoms with van der Waals surface area (Å²) >= 11 is 0. The number of amides is 3. The lowest BCUT2D eigenvalue weighted by atomic mass is 10.1. The third kappa shape index (κ3) is 8.55. The maximum Gasteiger partial charge on any atom is 0.329 e. The molecule has 2 aromatic rings. The Bertz CT molecular complexity index is 1040. The summed E-state index contributed by atoms with van der Waals surface area (Å²) in [4.78, 5) is 35.6. The van der Waals surface area contributed by atoms with Crippen molar-refractivity contribution in [1.29, 1.82) is 0 Å². The zero-order valence-corrected chi connectivity index (χ0v) is 19.8. The highest BCUT2D eigenvalue weighted by atomic mass is 16.5. The van der Waals surface area contributed by atoms with Gasteiger partial charge in [-0.1, -0.05) is 6.07 Å². The number of nitrogens with one attached hydrogen (secondary N) is 3. The summed E-state index contributed by atoms with van der Waals surface area (Å²) in [5.74, 6) is -1.22. The van der Waals surface area contributed by atoms with Crippen molar-refractivity contribution in [3.05, 3.63) is 53.1 Å². The number of carbonyl (C=O) groups is 3. The maximum absolute atomic E-state index is 12.3. The Kier molecular flexibility index (Phi) is 10.5. The smallest absolute Gasteiger partial charge is 0.329 e. The van der Waals surface area contributed by atoms with Crippen LogP contribution in [0.25, 0.3) is 0 Å². The third-order valence-corrected chi connectivity index (χ3v) is 4.59. The van der Waals surface area contributed by atoms with Crippen LogP contribution in [0.1, 0.15) is 23.6 Å². The number of benzene rings is 2. The van der Waals surface area contributed by atoms with Crippen LogP contribution in [0, 0.1) is 13.8 Å². The van der Waals surface area contributed by atoms with E-state index < -0.39 is 11.8 Å². The van der Waals surface area contributed by atoms with Crippen molar-refractivity contribution in [2.75, 3.05) is 38.8 Å². The van der Waals surface area contributed by atoms with E-state index in [-0.39, 0.29) is 19.1 Å². The second-order valence-corrected chi connectivity index (χ2v) is 7.22. The number of carbonyl (C=O) groups excluding carboxylic acids is 3. The largest absolute Gasteiger partial charge is 0.490 e. The summed E-state index contributed by atoms with van der Waals surface area (Å²) in [6, 6.07) is 10.6. The minimum Gasteiger partial charge on any atom is -0.490 e. The highest BCUT2D eigenvalue weighted by Gasteiger charge is 2.12. The van der Waals surface area contributed by atoms with Gasteiger partial charge in [-0.2, -0.15) is 5.10 Å². The molecule has 3 amide bonds. The first kappa shape index (κ1) is 26.3. The van der Waals surface area contributed by atoms with Crippen LogP contribution in [0.4, 0.5) is 5.69 Å². The summed E-state index contributed by atoms with van der Waals surface area (Å²) in [5.41, 5.74) is 5.66. The highest BCUT2D eigenvalue weighted by Crippen LogP contribution is 2.28. The minimum atomic E-state index is -0.896. The van der Waals surface area contributed by atoms with Gasteiger partial charge in [0.2, 0.25) is 0 Å². The molecule has 0 radical (unpaired) electrons. The Morgan fingerprint density at radius 2 is 1.76 bits per heavy atom. The summed E-state index contributed by atoms with van der Waals surface area (Å²) in [6.45, 7) is 6.49. The van der Waals surface area contributed by atoms with Gasteiger partial charge >= 0.3 is 11.8 Å². The second-order valence-electron chi connectivity index (χ2n) is 7.22. The zero-order valence-electron chi connectivity index (χ0n) is 19.8. The molecule has 0 atom stereocenters. The van der Waals surface area contributed by atoms with Gasteiger partial charge in [-0.3, -0.25) is 14.4 Å². The van der Waals surface area contributed by atoms with Crippen molar-refractivity contribution in [1.82, 2.24) is 10.7 Å². The van der Waals surface area contributed by atoms with Crippen molar-refractivity contribution in [2.45, 2.75) is 20.8 Å². The number of hydrogen-bond donors (Lipinski definition) is 3. The molecule has 0 fully saturated rings. The molecular weight excluding hydrogens is 440 g/mol. The predicted octanol–water partition coefficient (Wildman–Crippen LogP) is 1.93. The summed E-state index contributed by atoms with van der Waals surface area (Å²) in [6.07, 6.45) is 1.36. The molecule has 34 heavy (non-hydrogen) atoms. The van der Waals surface area contributed by atoms with Gasteiger partial charge in [0.25, 0.3) is 5.91 Å². The van der Waals surface area contributed by atoms with Crippen LogP contribution in [0.3, 0.4) is 0 Å². The number of hydrogen-bond acceptors (Lipinski definition) is 7. The molecule has 0 bridgehead atoms. The van der Waals surface area contributed by atoms with Crippen molar-refractivity contribution in [2.24, 2.45) is 5.10 Å². The normalized spacial score (nSPS) is 10.6. The maximum atomic E-state index is 12.3. The average molecular weight is 471 g/mol. The topological polar surface area (TPSA) is 127 Å². The fourth-order valence-electron chi connectivity index (χ4n) is 2.72. The molecule has 0 aliphatic carbocycles. The van der Waals surface area contributed by atoms with Crippen molar-refractivity contribution in [3.63, 3.8) is 0 Å². The van der Waals surface area contributed by atoms with Crippen LogP contribution in [0.5, 0.6) is 11.5 Å². The number of methoxy groups -OCH3 is 1. The lowest BCUT2D eigenvalue weighted by molar-refractivity contribution is -0.139. The number of nitrogens with zero attached hydrogens (tertiary/aromatic N) is 1. The van der Waals surface area contributed by atoms with Crippen LogP contribution in [0.2, 0.25) is 0 Å². The van der Waals surface area contributed by atoms with Crippen molar-refractivity contribution < 1.29 is 28.6 Å². The van der Waals surface area contributed by atoms with Gasteiger partial charge in [-0.15, -0.1) is 0 Å². The third-order valence-electron chi connectivity index (χ3n) is 4.59. The fraction of sp³-hybridized carbons (Fsp3) is 0.333. The monoisotopic (exact) mass is 470 g/mol. The predicted molar refractivity (Wildman–Crippen MR) is 128 cm³/mol. The number of hydrazone groups is 1. The molecule has 0 unspecified atom stereocenters. The van der Waals surface area contributed by atoms with Gasteiger partial charge in [-0.05, 0) is 67.8 Å². The molecule has 0 aliphatic rings. The highest BCUT2D eigenvalue weighted by molar-refractivity contribution is 6.35. The van der Waals surface area contributed by atoms with Crippen LogP contribution in [0.15, 0.2) is 41.5 Å². The molecule has 0 saturated heterocycles. The lowest BCUT2D eigenvalue weighted by Crippen LogP contribution is -2.39. The Hall–Kier alpha value is -3.92. The molecule has 0 saturated carbocycles. The van der Waals surface area contributed by atoms with E-state index in [1.54, 1.807) is 18.2 Å². The van der Waals surface area contributed by atoms with E-state index in [4.69, 9.17) is 14.2 Å². The van der Waals surface area contributed by atoms with E-state index in [2.05, 4.69) is 21.2 Å². The molecule has 10 nitrogen and oxygen atoms in total. The Morgan fingerprint density at radius 3 is 2.47 bits per heavy atom. The van der Waals surface area contributed by atoms with E-state index >= 15 is 0 Å². The van der Waals surface area contributed by atoms with E-state index in [9.17, 15) is 14.4 Å². The van der Waals surface area contributed by atoms with Crippen molar-refractivity contribution in [3.8, 4) is 11.5 Å². The van der Waals surface area contributed by atoms with E-state index in [0.717, 1.165) is 11.1 Å². The molecule has 182 valence electrons. The lowest BCUT2D eigenvalue weighted by Gasteiger charge is -2.13. The fourth-order valence-corrected chi connectivity index (χ4v) is 2.72.